The third kappa shape index (κ3) is 3.75. The molecule has 20 heavy (non-hydrogen) atoms. The number of urea groups is 1. The molecule has 3 unspecified atom stereocenters. The van der Waals surface area contributed by atoms with Gasteiger partial charge in [0.15, 0.2) is 0 Å². The minimum atomic E-state index is -0.0358. The molecule has 0 heterocycles. The van der Waals surface area contributed by atoms with Gasteiger partial charge in [0.05, 0.1) is 6.04 Å². The summed E-state index contributed by atoms with van der Waals surface area (Å²) >= 11 is 0. The van der Waals surface area contributed by atoms with Crippen LogP contribution in [0.4, 0.5) is 4.79 Å². The second kappa shape index (κ2) is 6.78. The third-order valence-electron chi connectivity index (χ3n) is 4.29. The number of amides is 2. The number of hydrogen-bond donors (Lipinski definition) is 2. The van der Waals surface area contributed by atoms with Crippen molar-refractivity contribution in [3.05, 3.63) is 35.9 Å². The van der Waals surface area contributed by atoms with Gasteiger partial charge in [-0.1, -0.05) is 57.5 Å². The molecule has 2 rings (SSSR count). The monoisotopic (exact) mass is 274 g/mol. The Kier molecular flexibility index (Phi) is 5.05. The molecule has 1 aliphatic rings. The maximum absolute atomic E-state index is 12.2. The lowest BCUT2D eigenvalue weighted by atomic mass is 9.96. The fourth-order valence-corrected chi connectivity index (χ4v) is 3.01. The highest BCUT2D eigenvalue weighted by Crippen LogP contribution is 2.25. The molecule has 3 heteroatoms. The Morgan fingerprint density at radius 2 is 1.90 bits per heavy atom. The topological polar surface area (TPSA) is 41.1 Å². The van der Waals surface area contributed by atoms with E-state index in [0.29, 0.717) is 17.9 Å². The summed E-state index contributed by atoms with van der Waals surface area (Å²) in [4.78, 5) is 12.2. The van der Waals surface area contributed by atoms with Gasteiger partial charge in [0.1, 0.15) is 0 Å². The van der Waals surface area contributed by atoms with Gasteiger partial charge in [0, 0.05) is 6.04 Å². The number of hydrogen-bond acceptors (Lipinski definition) is 1. The molecule has 0 saturated heterocycles. The van der Waals surface area contributed by atoms with E-state index in [4.69, 9.17) is 0 Å². The quantitative estimate of drug-likeness (QED) is 0.859. The van der Waals surface area contributed by atoms with Gasteiger partial charge in [-0.25, -0.2) is 4.79 Å². The molecule has 1 aromatic carbocycles. The summed E-state index contributed by atoms with van der Waals surface area (Å²) in [6.45, 7) is 6.49. The van der Waals surface area contributed by atoms with Gasteiger partial charge in [0.25, 0.3) is 0 Å². The Morgan fingerprint density at radius 3 is 2.45 bits per heavy atom. The molecule has 1 saturated carbocycles. The highest BCUT2D eigenvalue weighted by atomic mass is 16.2. The third-order valence-corrected chi connectivity index (χ3v) is 4.29. The van der Waals surface area contributed by atoms with E-state index < -0.39 is 0 Å². The second-order valence-corrected chi connectivity index (χ2v) is 6.26. The van der Waals surface area contributed by atoms with E-state index in [1.807, 2.05) is 18.2 Å². The first-order chi connectivity index (χ1) is 9.58. The van der Waals surface area contributed by atoms with E-state index in [1.165, 1.54) is 12.8 Å². The number of carbonyl (C=O) groups excluding carboxylic acids is 1. The lowest BCUT2D eigenvalue weighted by molar-refractivity contribution is 0.226. The van der Waals surface area contributed by atoms with Crippen LogP contribution in [0, 0.1) is 11.8 Å². The summed E-state index contributed by atoms with van der Waals surface area (Å²) in [5.74, 6) is 0.958. The normalized spacial score (nSPS) is 23.6. The van der Waals surface area contributed by atoms with Crippen LogP contribution in [0.2, 0.25) is 0 Å². The average molecular weight is 274 g/mol. The minimum absolute atomic E-state index is 0.0358. The average Bonchev–Trinajstić information content (AvgIpc) is 2.82. The highest BCUT2D eigenvalue weighted by Gasteiger charge is 2.26. The lowest BCUT2D eigenvalue weighted by Crippen LogP contribution is -2.45. The first kappa shape index (κ1) is 14.9. The van der Waals surface area contributed by atoms with Crippen LogP contribution in [0.15, 0.2) is 30.3 Å². The second-order valence-electron chi connectivity index (χ2n) is 6.26. The van der Waals surface area contributed by atoms with Gasteiger partial charge in [-0.15, -0.1) is 0 Å². The fourth-order valence-electron chi connectivity index (χ4n) is 3.01. The maximum Gasteiger partial charge on any atom is 0.315 e. The molecule has 0 radical (unpaired) electrons. The van der Waals surface area contributed by atoms with Crippen molar-refractivity contribution in [1.29, 1.82) is 0 Å². The number of carbonyl (C=O) groups is 1. The predicted molar refractivity (Wildman–Crippen MR) is 82.5 cm³/mol. The number of nitrogens with one attached hydrogen (secondary N) is 2. The van der Waals surface area contributed by atoms with Crippen molar-refractivity contribution in [1.82, 2.24) is 10.6 Å². The van der Waals surface area contributed by atoms with Crippen LogP contribution in [-0.2, 0) is 0 Å². The van der Waals surface area contributed by atoms with Crippen LogP contribution >= 0.6 is 0 Å². The Balaban J connectivity index is 1.96. The SMILES string of the molecule is CC(C)C(NC(=O)NC1CCCC1C)c1ccccc1. The Morgan fingerprint density at radius 1 is 1.20 bits per heavy atom. The van der Waals surface area contributed by atoms with Gasteiger partial charge in [-0.3, -0.25) is 0 Å². The van der Waals surface area contributed by atoms with Gasteiger partial charge in [0.2, 0.25) is 0 Å². The standard InChI is InChI=1S/C17H26N2O/c1-12(2)16(14-9-5-4-6-10-14)19-17(20)18-15-11-7-8-13(15)3/h4-6,9-10,12-13,15-16H,7-8,11H2,1-3H3,(H2,18,19,20). The zero-order chi connectivity index (χ0) is 14.5. The Labute approximate surface area is 122 Å². The summed E-state index contributed by atoms with van der Waals surface area (Å²) in [7, 11) is 0. The molecule has 0 spiro atoms. The van der Waals surface area contributed by atoms with E-state index in [1.54, 1.807) is 0 Å². The summed E-state index contributed by atoms with van der Waals surface area (Å²) in [6, 6.07) is 10.5. The first-order valence-corrected chi connectivity index (χ1v) is 7.70. The van der Waals surface area contributed by atoms with Crippen LogP contribution in [0.5, 0.6) is 0 Å². The first-order valence-electron chi connectivity index (χ1n) is 7.70. The molecule has 1 aliphatic carbocycles. The Hall–Kier alpha value is -1.51. The number of benzene rings is 1. The van der Waals surface area contributed by atoms with Crippen LogP contribution in [0.25, 0.3) is 0 Å². The van der Waals surface area contributed by atoms with Crippen molar-refractivity contribution < 1.29 is 4.79 Å². The van der Waals surface area contributed by atoms with Crippen molar-refractivity contribution in [2.24, 2.45) is 11.8 Å². The predicted octanol–water partition coefficient (Wildman–Crippen LogP) is 3.87. The molecule has 2 amide bonds. The van der Waals surface area contributed by atoms with Gasteiger partial charge in [-0.05, 0) is 30.2 Å². The highest BCUT2D eigenvalue weighted by molar-refractivity contribution is 5.74. The minimum Gasteiger partial charge on any atom is -0.335 e. The van der Waals surface area contributed by atoms with Crippen molar-refractivity contribution in [2.45, 2.75) is 52.1 Å². The molecule has 1 aromatic rings. The van der Waals surface area contributed by atoms with Crippen molar-refractivity contribution in [3.8, 4) is 0 Å². The molecule has 110 valence electrons. The summed E-state index contributed by atoms with van der Waals surface area (Å²) in [6.07, 6.45) is 3.54. The summed E-state index contributed by atoms with van der Waals surface area (Å²) < 4.78 is 0. The van der Waals surface area contributed by atoms with E-state index in [0.717, 1.165) is 12.0 Å². The summed E-state index contributed by atoms with van der Waals surface area (Å²) in [5, 5.41) is 6.26. The van der Waals surface area contributed by atoms with E-state index in [9.17, 15) is 4.79 Å². The van der Waals surface area contributed by atoms with Crippen molar-refractivity contribution >= 4 is 6.03 Å². The Bertz CT molecular complexity index is 430. The van der Waals surface area contributed by atoms with Crippen molar-refractivity contribution in [2.75, 3.05) is 0 Å². The summed E-state index contributed by atoms with van der Waals surface area (Å²) in [5.41, 5.74) is 1.16. The molecule has 3 nitrogen and oxygen atoms in total. The fraction of sp³-hybridized carbons (Fsp3) is 0.588. The van der Waals surface area contributed by atoms with E-state index >= 15 is 0 Å². The molecular weight excluding hydrogens is 248 g/mol. The lowest BCUT2D eigenvalue weighted by Gasteiger charge is -2.25. The largest absolute Gasteiger partial charge is 0.335 e. The molecule has 0 aromatic heterocycles. The molecule has 1 fully saturated rings. The molecular formula is C17H26N2O. The van der Waals surface area contributed by atoms with Gasteiger partial charge < -0.3 is 10.6 Å². The molecule has 2 N–H and O–H groups in total. The van der Waals surface area contributed by atoms with Crippen molar-refractivity contribution in [3.63, 3.8) is 0 Å². The van der Waals surface area contributed by atoms with E-state index in [-0.39, 0.29) is 12.1 Å². The van der Waals surface area contributed by atoms with Crippen LogP contribution < -0.4 is 10.6 Å². The number of rotatable bonds is 4. The van der Waals surface area contributed by atoms with Crippen LogP contribution in [0.3, 0.4) is 0 Å². The van der Waals surface area contributed by atoms with Gasteiger partial charge >= 0.3 is 6.03 Å². The van der Waals surface area contributed by atoms with E-state index in [2.05, 4.69) is 43.5 Å². The molecule has 3 atom stereocenters. The maximum atomic E-state index is 12.2. The zero-order valence-corrected chi connectivity index (χ0v) is 12.7. The zero-order valence-electron chi connectivity index (χ0n) is 12.7. The van der Waals surface area contributed by atoms with Gasteiger partial charge in [-0.2, -0.15) is 0 Å². The molecule has 0 aliphatic heterocycles. The van der Waals surface area contributed by atoms with Crippen LogP contribution in [-0.4, -0.2) is 12.1 Å². The smallest absolute Gasteiger partial charge is 0.315 e. The van der Waals surface area contributed by atoms with Crippen LogP contribution in [0.1, 0.15) is 51.6 Å². The molecule has 0 bridgehead atoms.